The number of carbonyl (C=O) groups excluding carboxylic acids is 1. The molecule has 0 saturated carbocycles. The maximum absolute atomic E-state index is 12.3. The number of piperidine rings is 1. The molecule has 1 atom stereocenters. The minimum Gasteiger partial charge on any atom is -0.480 e. The van der Waals surface area contributed by atoms with E-state index in [1.165, 1.54) is 4.90 Å². The Morgan fingerprint density at radius 2 is 2.00 bits per heavy atom. The van der Waals surface area contributed by atoms with Gasteiger partial charge in [-0.05, 0) is 31.4 Å². The molecule has 0 aliphatic carbocycles. The van der Waals surface area contributed by atoms with Gasteiger partial charge >= 0.3 is 5.97 Å². The molecule has 18 heavy (non-hydrogen) atoms. The molecule has 0 aromatic heterocycles. The van der Waals surface area contributed by atoms with Crippen molar-refractivity contribution in [3.63, 3.8) is 0 Å². The highest BCUT2D eigenvalue weighted by atomic mass is 16.4. The van der Waals surface area contributed by atoms with Crippen molar-refractivity contribution >= 4 is 17.6 Å². The van der Waals surface area contributed by atoms with Gasteiger partial charge in [0.2, 0.25) is 0 Å². The second kappa shape index (κ2) is 5.08. The summed E-state index contributed by atoms with van der Waals surface area (Å²) >= 11 is 0. The van der Waals surface area contributed by atoms with Crippen LogP contribution in [-0.2, 0) is 4.79 Å². The fraction of sp³-hybridized carbons (Fsp3) is 0.385. The van der Waals surface area contributed by atoms with E-state index in [0.717, 1.165) is 12.8 Å². The molecule has 0 radical (unpaired) electrons. The Morgan fingerprint density at radius 1 is 1.28 bits per heavy atom. The molecule has 5 nitrogen and oxygen atoms in total. The first-order valence-electron chi connectivity index (χ1n) is 5.99. The second-order valence-corrected chi connectivity index (χ2v) is 4.44. The first-order chi connectivity index (χ1) is 8.61. The number of hydrogen-bond donors (Lipinski definition) is 2. The molecule has 1 amide bonds. The summed E-state index contributed by atoms with van der Waals surface area (Å²) in [5.74, 6) is -1.24. The molecular formula is C13H16N2O3. The quantitative estimate of drug-likeness (QED) is 0.774. The Balaban J connectivity index is 2.27. The first kappa shape index (κ1) is 12.4. The summed E-state index contributed by atoms with van der Waals surface area (Å²) in [5, 5.41) is 9.15. The van der Waals surface area contributed by atoms with Crippen molar-refractivity contribution in [3.8, 4) is 0 Å². The first-order valence-corrected chi connectivity index (χ1v) is 5.99. The van der Waals surface area contributed by atoms with Crippen LogP contribution in [0.15, 0.2) is 24.3 Å². The van der Waals surface area contributed by atoms with Gasteiger partial charge in [0.25, 0.3) is 5.91 Å². The molecule has 1 aliphatic rings. The number of nitrogens with two attached hydrogens (primary N) is 1. The molecule has 0 spiro atoms. The minimum atomic E-state index is -0.947. The van der Waals surface area contributed by atoms with Crippen molar-refractivity contribution < 1.29 is 14.7 Å². The van der Waals surface area contributed by atoms with Crippen LogP contribution in [0.1, 0.15) is 29.6 Å². The number of nitrogens with zero attached hydrogens (tertiary/aromatic N) is 1. The summed E-state index contributed by atoms with van der Waals surface area (Å²) < 4.78 is 0. The van der Waals surface area contributed by atoms with Gasteiger partial charge in [-0.15, -0.1) is 0 Å². The van der Waals surface area contributed by atoms with Crippen molar-refractivity contribution in [1.29, 1.82) is 0 Å². The van der Waals surface area contributed by atoms with E-state index < -0.39 is 12.0 Å². The molecule has 96 valence electrons. The molecule has 1 fully saturated rings. The van der Waals surface area contributed by atoms with Crippen LogP contribution in [0.4, 0.5) is 5.69 Å². The number of carboxylic acids is 1. The van der Waals surface area contributed by atoms with E-state index in [1.54, 1.807) is 24.3 Å². The highest BCUT2D eigenvalue weighted by molar-refractivity contribution is 6.00. The van der Waals surface area contributed by atoms with Gasteiger partial charge in [0.05, 0.1) is 5.56 Å². The fourth-order valence-electron chi connectivity index (χ4n) is 2.28. The van der Waals surface area contributed by atoms with Crippen molar-refractivity contribution in [2.24, 2.45) is 0 Å². The van der Waals surface area contributed by atoms with Crippen LogP contribution in [0, 0.1) is 0 Å². The smallest absolute Gasteiger partial charge is 0.326 e. The normalized spacial score (nSPS) is 19.6. The number of carboxylic acid groups (broad SMARTS) is 1. The third kappa shape index (κ3) is 2.30. The summed E-state index contributed by atoms with van der Waals surface area (Å²) in [6.07, 6.45) is 2.18. The zero-order valence-corrected chi connectivity index (χ0v) is 10.0. The van der Waals surface area contributed by atoms with E-state index in [0.29, 0.717) is 24.2 Å². The van der Waals surface area contributed by atoms with Gasteiger partial charge < -0.3 is 15.7 Å². The number of para-hydroxylation sites is 1. The van der Waals surface area contributed by atoms with Gasteiger partial charge in [-0.3, -0.25) is 4.79 Å². The van der Waals surface area contributed by atoms with Crippen molar-refractivity contribution in [3.05, 3.63) is 29.8 Å². The van der Waals surface area contributed by atoms with E-state index in [9.17, 15) is 9.59 Å². The molecular weight excluding hydrogens is 232 g/mol. The number of rotatable bonds is 2. The summed E-state index contributed by atoms with van der Waals surface area (Å²) in [6, 6.07) is 6.02. The second-order valence-electron chi connectivity index (χ2n) is 4.44. The zero-order chi connectivity index (χ0) is 13.1. The number of carbonyl (C=O) groups is 2. The summed E-state index contributed by atoms with van der Waals surface area (Å²) in [5.41, 5.74) is 6.52. The molecule has 3 N–H and O–H groups in total. The van der Waals surface area contributed by atoms with E-state index in [-0.39, 0.29) is 5.91 Å². The predicted octanol–water partition coefficient (Wildman–Crippen LogP) is 1.35. The standard InChI is InChI=1S/C13H16N2O3/c14-10-6-2-1-5-9(10)12(16)15-8-4-3-7-11(15)13(17)18/h1-2,5-6,11H,3-4,7-8,14H2,(H,17,18). The Bertz CT molecular complexity index is 473. The van der Waals surface area contributed by atoms with Crippen molar-refractivity contribution in [2.75, 3.05) is 12.3 Å². The average molecular weight is 248 g/mol. The molecule has 1 heterocycles. The Labute approximate surface area is 105 Å². The van der Waals surface area contributed by atoms with E-state index >= 15 is 0 Å². The molecule has 1 saturated heterocycles. The number of benzene rings is 1. The van der Waals surface area contributed by atoms with Gasteiger partial charge in [-0.25, -0.2) is 4.79 Å². The van der Waals surface area contributed by atoms with Crippen LogP contribution in [0.3, 0.4) is 0 Å². The topological polar surface area (TPSA) is 83.6 Å². The zero-order valence-electron chi connectivity index (χ0n) is 10.0. The fourth-order valence-corrected chi connectivity index (χ4v) is 2.28. The van der Waals surface area contributed by atoms with Crippen LogP contribution in [0.2, 0.25) is 0 Å². The summed E-state index contributed by atoms with van der Waals surface area (Å²) in [4.78, 5) is 24.9. The lowest BCUT2D eigenvalue weighted by atomic mass is 10.0. The predicted molar refractivity (Wildman–Crippen MR) is 67.2 cm³/mol. The number of nitrogen functional groups attached to an aromatic ring is 1. The van der Waals surface area contributed by atoms with Crippen LogP contribution in [0.25, 0.3) is 0 Å². The molecule has 0 bridgehead atoms. The van der Waals surface area contributed by atoms with Crippen molar-refractivity contribution in [2.45, 2.75) is 25.3 Å². The van der Waals surface area contributed by atoms with Gasteiger partial charge in [0, 0.05) is 12.2 Å². The maximum atomic E-state index is 12.3. The largest absolute Gasteiger partial charge is 0.480 e. The third-order valence-electron chi connectivity index (χ3n) is 3.24. The van der Waals surface area contributed by atoms with Crippen LogP contribution in [0.5, 0.6) is 0 Å². The molecule has 5 heteroatoms. The molecule has 1 aromatic carbocycles. The molecule has 2 rings (SSSR count). The Morgan fingerprint density at radius 3 is 2.67 bits per heavy atom. The van der Waals surface area contributed by atoms with Crippen LogP contribution >= 0.6 is 0 Å². The van der Waals surface area contributed by atoms with Gasteiger partial charge in [0.1, 0.15) is 6.04 Å². The highest BCUT2D eigenvalue weighted by Gasteiger charge is 2.32. The number of amides is 1. The van der Waals surface area contributed by atoms with E-state index in [4.69, 9.17) is 10.8 Å². The minimum absolute atomic E-state index is 0.291. The number of likely N-dealkylation sites (tertiary alicyclic amines) is 1. The van der Waals surface area contributed by atoms with Crippen LogP contribution in [-0.4, -0.2) is 34.5 Å². The molecule has 1 unspecified atom stereocenters. The average Bonchev–Trinajstić information content (AvgIpc) is 2.38. The highest BCUT2D eigenvalue weighted by Crippen LogP contribution is 2.22. The molecule has 1 aromatic rings. The van der Waals surface area contributed by atoms with Gasteiger partial charge in [0.15, 0.2) is 0 Å². The van der Waals surface area contributed by atoms with Crippen molar-refractivity contribution in [1.82, 2.24) is 4.90 Å². The maximum Gasteiger partial charge on any atom is 0.326 e. The lowest BCUT2D eigenvalue weighted by Gasteiger charge is -2.33. The van der Waals surface area contributed by atoms with Crippen LogP contribution < -0.4 is 5.73 Å². The third-order valence-corrected chi connectivity index (χ3v) is 3.24. The number of hydrogen-bond acceptors (Lipinski definition) is 3. The Kier molecular flexibility index (Phi) is 3.50. The van der Waals surface area contributed by atoms with E-state index in [2.05, 4.69) is 0 Å². The van der Waals surface area contributed by atoms with E-state index in [1.807, 2.05) is 0 Å². The lowest BCUT2D eigenvalue weighted by Crippen LogP contribution is -2.48. The monoisotopic (exact) mass is 248 g/mol. The summed E-state index contributed by atoms with van der Waals surface area (Å²) in [6.45, 7) is 0.476. The lowest BCUT2D eigenvalue weighted by molar-refractivity contribution is -0.143. The number of anilines is 1. The molecule has 1 aliphatic heterocycles. The SMILES string of the molecule is Nc1ccccc1C(=O)N1CCCCC1C(=O)O. The van der Waals surface area contributed by atoms with Gasteiger partial charge in [-0.2, -0.15) is 0 Å². The Hall–Kier alpha value is -2.04. The summed E-state index contributed by atoms with van der Waals surface area (Å²) in [7, 11) is 0. The van der Waals surface area contributed by atoms with Gasteiger partial charge in [-0.1, -0.05) is 12.1 Å². The number of aliphatic carboxylic acids is 1.